The van der Waals surface area contributed by atoms with E-state index in [0.29, 0.717) is 10.8 Å². The van der Waals surface area contributed by atoms with Gasteiger partial charge in [-0.1, -0.05) is 12.1 Å². The van der Waals surface area contributed by atoms with E-state index in [9.17, 15) is 8.42 Å². The second-order valence-corrected chi connectivity index (χ2v) is 8.21. The molecule has 1 saturated heterocycles. The lowest BCUT2D eigenvalue weighted by Gasteiger charge is -2.31. The van der Waals surface area contributed by atoms with Crippen molar-refractivity contribution in [3.63, 3.8) is 0 Å². The summed E-state index contributed by atoms with van der Waals surface area (Å²) in [6.07, 6.45) is 7.07. The molecule has 4 nitrogen and oxygen atoms in total. The first-order valence-electron chi connectivity index (χ1n) is 7.96. The van der Waals surface area contributed by atoms with Crippen molar-refractivity contribution in [1.82, 2.24) is 10.3 Å². The number of benzene rings is 1. The van der Waals surface area contributed by atoms with Crippen molar-refractivity contribution >= 4 is 9.84 Å². The molecule has 1 aromatic carbocycles. The van der Waals surface area contributed by atoms with Crippen molar-refractivity contribution in [3.8, 4) is 0 Å². The maximum Gasteiger partial charge on any atom is 0.175 e. The van der Waals surface area contributed by atoms with Crippen LogP contribution in [-0.4, -0.2) is 32.7 Å². The molecule has 3 rings (SSSR count). The highest BCUT2D eigenvalue weighted by molar-refractivity contribution is 7.90. The van der Waals surface area contributed by atoms with Gasteiger partial charge in [-0.3, -0.25) is 4.98 Å². The number of piperidine rings is 1. The van der Waals surface area contributed by atoms with Gasteiger partial charge in [0.25, 0.3) is 0 Å². The van der Waals surface area contributed by atoms with Crippen LogP contribution in [0.15, 0.2) is 53.7 Å². The predicted molar refractivity (Wildman–Crippen MR) is 91.2 cm³/mol. The van der Waals surface area contributed by atoms with Crippen LogP contribution in [0.3, 0.4) is 0 Å². The van der Waals surface area contributed by atoms with Gasteiger partial charge in [0.1, 0.15) is 0 Å². The molecular formula is C18H22N2O2S. The Morgan fingerprint density at radius 1 is 1.09 bits per heavy atom. The Morgan fingerprint density at radius 3 is 2.43 bits per heavy atom. The van der Waals surface area contributed by atoms with Crippen molar-refractivity contribution in [1.29, 1.82) is 0 Å². The van der Waals surface area contributed by atoms with E-state index >= 15 is 0 Å². The third-order valence-electron chi connectivity index (χ3n) is 4.57. The normalized spacial score (nSPS) is 17.8. The number of rotatable bonds is 4. The number of pyridine rings is 1. The van der Waals surface area contributed by atoms with Crippen LogP contribution in [-0.2, 0) is 9.84 Å². The molecule has 1 atom stereocenters. The summed E-state index contributed by atoms with van der Waals surface area (Å²) in [6, 6.07) is 11.5. The van der Waals surface area contributed by atoms with Gasteiger partial charge in [0.2, 0.25) is 0 Å². The highest BCUT2D eigenvalue weighted by Crippen LogP contribution is 2.37. The summed E-state index contributed by atoms with van der Waals surface area (Å²) in [5.74, 6) is 0.718. The molecule has 0 saturated carbocycles. The number of hydrogen-bond acceptors (Lipinski definition) is 4. The van der Waals surface area contributed by atoms with Crippen LogP contribution < -0.4 is 5.32 Å². The van der Waals surface area contributed by atoms with Gasteiger partial charge < -0.3 is 5.32 Å². The van der Waals surface area contributed by atoms with Crippen LogP contribution in [0.5, 0.6) is 0 Å². The van der Waals surface area contributed by atoms with E-state index in [1.54, 1.807) is 6.07 Å². The Balaban J connectivity index is 2.05. The Kier molecular flexibility index (Phi) is 4.78. The van der Waals surface area contributed by atoms with Crippen LogP contribution in [0.4, 0.5) is 0 Å². The summed E-state index contributed by atoms with van der Waals surface area (Å²) in [4.78, 5) is 4.51. The Morgan fingerprint density at radius 2 is 1.78 bits per heavy atom. The molecule has 1 unspecified atom stereocenters. The molecule has 23 heavy (non-hydrogen) atoms. The molecule has 5 heteroatoms. The van der Waals surface area contributed by atoms with Crippen molar-refractivity contribution < 1.29 is 8.42 Å². The zero-order valence-electron chi connectivity index (χ0n) is 13.3. The van der Waals surface area contributed by atoms with E-state index in [-0.39, 0.29) is 5.92 Å². The van der Waals surface area contributed by atoms with Crippen molar-refractivity contribution in [3.05, 3.63) is 59.9 Å². The van der Waals surface area contributed by atoms with Crippen LogP contribution in [0.1, 0.15) is 29.9 Å². The lowest BCUT2D eigenvalue weighted by atomic mass is 9.77. The first-order valence-corrected chi connectivity index (χ1v) is 9.85. The summed E-state index contributed by atoms with van der Waals surface area (Å²) >= 11 is 0. The van der Waals surface area contributed by atoms with E-state index in [0.717, 1.165) is 31.5 Å². The highest BCUT2D eigenvalue weighted by Gasteiger charge is 2.27. The van der Waals surface area contributed by atoms with Gasteiger partial charge in [0.05, 0.1) is 4.90 Å². The van der Waals surface area contributed by atoms with E-state index < -0.39 is 9.84 Å². The lowest BCUT2D eigenvalue weighted by molar-refractivity contribution is 0.342. The van der Waals surface area contributed by atoms with Crippen molar-refractivity contribution in [2.45, 2.75) is 23.7 Å². The maximum atomic E-state index is 11.9. The Bertz CT molecular complexity index is 754. The van der Waals surface area contributed by atoms with Gasteiger partial charge in [-0.15, -0.1) is 0 Å². The van der Waals surface area contributed by atoms with E-state index in [2.05, 4.69) is 10.3 Å². The quantitative estimate of drug-likeness (QED) is 0.936. The summed E-state index contributed by atoms with van der Waals surface area (Å²) < 4.78 is 23.8. The molecule has 0 bridgehead atoms. The number of hydrogen-bond donors (Lipinski definition) is 1. The lowest BCUT2D eigenvalue weighted by Crippen LogP contribution is -2.31. The summed E-state index contributed by atoms with van der Waals surface area (Å²) in [6.45, 7) is 2.02. The molecule has 1 aliphatic heterocycles. The first kappa shape index (κ1) is 16.1. The van der Waals surface area contributed by atoms with E-state index in [1.165, 1.54) is 11.8 Å². The zero-order valence-corrected chi connectivity index (χ0v) is 14.1. The first-order chi connectivity index (χ1) is 11.1. The molecule has 0 aliphatic carbocycles. The summed E-state index contributed by atoms with van der Waals surface area (Å²) in [5, 5.41) is 3.40. The molecule has 2 aromatic rings. The van der Waals surface area contributed by atoms with Crippen molar-refractivity contribution in [2.75, 3.05) is 19.3 Å². The molecule has 122 valence electrons. The third-order valence-corrected chi connectivity index (χ3v) is 5.68. The van der Waals surface area contributed by atoms with Crippen LogP contribution >= 0.6 is 0 Å². The van der Waals surface area contributed by atoms with Crippen molar-refractivity contribution in [2.24, 2.45) is 5.92 Å². The molecule has 0 radical (unpaired) electrons. The van der Waals surface area contributed by atoms with E-state index in [1.807, 2.05) is 42.7 Å². The average Bonchev–Trinajstić information content (AvgIpc) is 2.57. The minimum absolute atomic E-state index is 0.210. The number of nitrogens with zero attached hydrogens (tertiary/aromatic N) is 1. The number of aromatic nitrogens is 1. The maximum absolute atomic E-state index is 11.9. The number of nitrogens with one attached hydrogen (secondary N) is 1. The number of sulfone groups is 1. The van der Waals surface area contributed by atoms with Gasteiger partial charge in [-0.2, -0.15) is 0 Å². The average molecular weight is 330 g/mol. The second-order valence-electron chi connectivity index (χ2n) is 6.19. The third kappa shape index (κ3) is 3.79. The molecule has 1 aliphatic rings. The minimum Gasteiger partial charge on any atom is -0.317 e. The molecule has 1 N–H and O–H groups in total. The topological polar surface area (TPSA) is 59.1 Å². The largest absolute Gasteiger partial charge is 0.317 e. The fourth-order valence-corrected chi connectivity index (χ4v) is 4.10. The SMILES string of the molecule is CS(=O)(=O)c1cccc(C(c2ccncc2)C2CCNCC2)c1. The Hall–Kier alpha value is -1.72. The van der Waals surface area contributed by atoms with Crippen LogP contribution in [0.25, 0.3) is 0 Å². The molecule has 0 amide bonds. The summed E-state index contributed by atoms with van der Waals surface area (Å²) in [5.41, 5.74) is 2.28. The predicted octanol–water partition coefficient (Wildman–Crippen LogP) is 2.62. The monoisotopic (exact) mass is 330 g/mol. The van der Waals surface area contributed by atoms with Gasteiger partial charge in [-0.25, -0.2) is 8.42 Å². The van der Waals surface area contributed by atoms with Gasteiger partial charge >= 0.3 is 0 Å². The van der Waals surface area contributed by atoms with Crippen LogP contribution in [0.2, 0.25) is 0 Å². The van der Waals surface area contributed by atoms with Crippen LogP contribution in [0, 0.1) is 5.92 Å². The van der Waals surface area contributed by atoms with Gasteiger partial charge in [0, 0.05) is 24.6 Å². The fourth-order valence-electron chi connectivity index (χ4n) is 3.42. The van der Waals surface area contributed by atoms with Gasteiger partial charge in [-0.05, 0) is 67.2 Å². The zero-order chi connectivity index (χ0) is 16.3. The molecule has 0 spiro atoms. The van der Waals surface area contributed by atoms with E-state index in [4.69, 9.17) is 0 Å². The second kappa shape index (κ2) is 6.81. The molecule has 2 heterocycles. The Labute approximate surface area is 137 Å². The molecule has 1 fully saturated rings. The smallest absolute Gasteiger partial charge is 0.175 e. The fraction of sp³-hybridized carbons (Fsp3) is 0.389. The molecule has 1 aromatic heterocycles. The summed E-state index contributed by atoms with van der Waals surface area (Å²) in [7, 11) is -3.20. The highest BCUT2D eigenvalue weighted by atomic mass is 32.2. The molecular weight excluding hydrogens is 308 g/mol. The minimum atomic E-state index is -3.20. The standard InChI is InChI=1S/C18H22N2O2S/c1-23(21,22)17-4-2-3-16(13-17)18(14-5-9-19-10-6-14)15-7-11-20-12-8-15/h2-6,9-10,13,15,18,20H,7-8,11-12H2,1H3. The van der Waals surface area contributed by atoms with Gasteiger partial charge in [0.15, 0.2) is 9.84 Å².